The number of thioether (sulfide) groups is 1. The standard InChI is InChI=1S/C13H21NO4S/c1-10-12(13(16)17-2)8-11(18-10)9-14-4-7-19-6-3-5-15/h8,14-15H,3-7,9H2,1-2H3. The van der Waals surface area contributed by atoms with Crippen LogP contribution in [0.4, 0.5) is 0 Å². The van der Waals surface area contributed by atoms with Crippen molar-refractivity contribution in [3.8, 4) is 0 Å². The van der Waals surface area contributed by atoms with Crippen LogP contribution in [-0.2, 0) is 11.3 Å². The number of esters is 1. The van der Waals surface area contributed by atoms with E-state index in [0.717, 1.165) is 30.2 Å². The van der Waals surface area contributed by atoms with E-state index in [1.165, 1.54) is 7.11 Å². The molecule has 0 unspecified atom stereocenters. The summed E-state index contributed by atoms with van der Waals surface area (Å²) in [6, 6.07) is 1.72. The molecule has 0 amide bonds. The van der Waals surface area contributed by atoms with Gasteiger partial charge < -0.3 is 19.6 Å². The maximum atomic E-state index is 11.4. The Balaban J connectivity index is 2.25. The topological polar surface area (TPSA) is 71.7 Å². The largest absolute Gasteiger partial charge is 0.465 e. The van der Waals surface area contributed by atoms with Crippen molar-refractivity contribution in [1.29, 1.82) is 0 Å². The van der Waals surface area contributed by atoms with Crippen LogP contribution in [0.1, 0.15) is 28.3 Å². The Morgan fingerprint density at radius 2 is 2.32 bits per heavy atom. The Labute approximate surface area is 117 Å². The van der Waals surface area contributed by atoms with Crippen molar-refractivity contribution in [2.75, 3.05) is 31.8 Å². The van der Waals surface area contributed by atoms with Gasteiger partial charge in [0.1, 0.15) is 17.1 Å². The molecule has 0 radical (unpaired) electrons. The summed E-state index contributed by atoms with van der Waals surface area (Å²) in [7, 11) is 1.36. The third kappa shape index (κ3) is 5.67. The van der Waals surface area contributed by atoms with Crippen molar-refractivity contribution >= 4 is 17.7 Å². The summed E-state index contributed by atoms with van der Waals surface area (Å²) in [6.45, 7) is 3.46. The van der Waals surface area contributed by atoms with Gasteiger partial charge in [-0.2, -0.15) is 11.8 Å². The van der Waals surface area contributed by atoms with Gasteiger partial charge in [0.2, 0.25) is 0 Å². The van der Waals surface area contributed by atoms with E-state index in [4.69, 9.17) is 9.52 Å². The lowest BCUT2D eigenvalue weighted by molar-refractivity contribution is 0.0599. The van der Waals surface area contributed by atoms with Crippen molar-refractivity contribution in [1.82, 2.24) is 5.32 Å². The van der Waals surface area contributed by atoms with Crippen LogP contribution < -0.4 is 5.32 Å². The molecule has 108 valence electrons. The smallest absolute Gasteiger partial charge is 0.341 e. The molecule has 2 N–H and O–H groups in total. The molecule has 19 heavy (non-hydrogen) atoms. The maximum Gasteiger partial charge on any atom is 0.341 e. The zero-order chi connectivity index (χ0) is 14.1. The van der Waals surface area contributed by atoms with Gasteiger partial charge in [-0.1, -0.05) is 0 Å². The van der Waals surface area contributed by atoms with Crippen LogP contribution in [0.15, 0.2) is 10.5 Å². The lowest BCUT2D eigenvalue weighted by Gasteiger charge is -2.02. The second-order valence-corrected chi connectivity index (χ2v) is 5.27. The molecule has 0 aliphatic carbocycles. The molecule has 0 aliphatic rings. The van der Waals surface area contributed by atoms with Crippen molar-refractivity contribution in [3.63, 3.8) is 0 Å². The summed E-state index contributed by atoms with van der Waals surface area (Å²) >= 11 is 1.80. The Hall–Kier alpha value is -0.980. The average molecular weight is 287 g/mol. The Bertz CT molecular complexity index is 392. The number of carbonyl (C=O) groups is 1. The minimum atomic E-state index is -0.368. The highest BCUT2D eigenvalue weighted by molar-refractivity contribution is 7.99. The van der Waals surface area contributed by atoms with Crippen LogP contribution in [0, 0.1) is 6.92 Å². The molecule has 0 aromatic carbocycles. The molecule has 0 saturated heterocycles. The number of furan rings is 1. The molecule has 0 fully saturated rings. The molecule has 0 saturated carbocycles. The molecule has 5 nitrogen and oxygen atoms in total. The summed E-state index contributed by atoms with van der Waals surface area (Å²) in [5.74, 6) is 2.92. The van der Waals surface area contributed by atoms with Gasteiger partial charge in [-0.15, -0.1) is 0 Å². The molecule has 0 atom stereocenters. The zero-order valence-corrected chi connectivity index (χ0v) is 12.2. The molecular formula is C13H21NO4S. The summed E-state index contributed by atoms with van der Waals surface area (Å²) in [5, 5.41) is 11.9. The van der Waals surface area contributed by atoms with E-state index in [1.807, 2.05) is 0 Å². The minimum Gasteiger partial charge on any atom is -0.465 e. The molecule has 1 aromatic rings. The van der Waals surface area contributed by atoms with Gasteiger partial charge in [0.25, 0.3) is 0 Å². The second-order valence-electron chi connectivity index (χ2n) is 4.04. The van der Waals surface area contributed by atoms with Gasteiger partial charge in [0.05, 0.1) is 13.7 Å². The van der Waals surface area contributed by atoms with E-state index in [9.17, 15) is 4.79 Å². The van der Waals surface area contributed by atoms with Crippen molar-refractivity contribution in [2.45, 2.75) is 19.9 Å². The monoisotopic (exact) mass is 287 g/mol. The van der Waals surface area contributed by atoms with E-state index in [0.29, 0.717) is 17.9 Å². The van der Waals surface area contributed by atoms with E-state index < -0.39 is 0 Å². The van der Waals surface area contributed by atoms with Crippen molar-refractivity contribution in [2.24, 2.45) is 0 Å². The molecule has 1 rings (SSSR count). The van der Waals surface area contributed by atoms with E-state index in [2.05, 4.69) is 10.1 Å². The lowest BCUT2D eigenvalue weighted by Crippen LogP contribution is -2.16. The third-order valence-corrected chi connectivity index (χ3v) is 3.61. The number of aliphatic hydroxyl groups is 1. The highest BCUT2D eigenvalue weighted by Crippen LogP contribution is 2.15. The number of aliphatic hydroxyl groups excluding tert-OH is 1. The number of aryl methyl sites for hydroxylation is 1. The second kappa shape index (κ2) is 9.01. The van der Waals surface area contributed by atoms with Gasteiger partial charge in [-0.3, -0.25) is 0 Å². The maximum absolute atomic E-state index is 11.4. The number of ether oxygens (including phenoxy) is 1. The lowest BCUT2D eigenvalue weighted by atomic mass is 10.2. The summed E-state index contributed by atoms with van der Waals surface area (Å²) in [5.41, 5.74) is 0.483. The normalized spacial score (nSPS) is 10.7. The van der Waals surface area contributed by atoms with Crippen LogP contribution in [-0.4, -0.2) is 42.8 Å². The average Bonchev–Trinajstić information content (AvgIpc) is 2.78. The van der Waals surface area contributed by atoms with Crippen molar-refractivity contribution in [3.05, 3.63) is 23.2 Å². The number of rotatable bonds is 9. The van der Waals surface area contributed by atoms with Gasteiger partial charge in [0, 0.05) is 18.9 Å². The molecule has 6 heteroatoms. The number of methoxy groups -OCH3 is 1. The number of hydrogen-bond acceptors (Lipinski definition) is 6. The zero-order valence-electron chi connectivity index (χ0n) is 11.4. The van der Waals surface area contributed by atoms with Crippen molar-refractivity contribution < 1.29 is 19.1 Å². The van der Waals surface area contributed by atoms with E-state index in [1.54, 1.807) is 24.8 Å². The van der Waals surface area contributed by atoms with Crippen LogP contribution in [0.25, 0.3) is 0 Å². The SMILES string of the molecule is COC(=O)c1cc(CNCCSCCCO)oc1C. The molecule has 1 heterocycles. The first-order chi connectivity index (χ1) is 9.19. The Morgan fingerprint density at radius 1 is 1.53 bits per heavy atom. The molecular weight excluding hydrogens is 266 g/mol. The fourth-order valence-corrected chi connectivity index (χ4v) is 2.39. The quantitative estimate of drug-likeness (QED) is 0.531. The van der Waals surface area contributed by atoms with Crippen LogP contribution in [0.5, 0.6) is 0 Å². The molecule has 0 bridgehead atoms. The first-order valence-electron chi connectivity index (χ1n) is 6.26. The predicted molar refractivity (Wildman–Crippen MR) is 75.5 cm³/mol. The summed E-state index contributed by atoms with van der Waals surface area (Å²) < 4.78 is 10.1. The van der Waals surface area contributed by atoms with Crippen LogP contribution in [0.2, 0.25) is 0 Å². The predicted octanol–water partition coefficient (Wildman–Crippen LogP) is 1.58. The first-order valence-corrected chi connectivity index (χ1v) is 7.41. The van der Waals surface area contributed by atoms with E-state index >= 15 is 0 Å². The Morgan fingerprint density at radius 3 is 3.00 bits per heavy atom. The highest BCUT2D eigenvalue weighted by Gasteiger charge is 2.14. The number of hydrogen-bond donors (Lipinski definition) is 2. The Kier molecular flexibility index (Phi) is 7.62. The third-order valence-electron chi connectivity index (χ3n) is 2.54. The van der Waals surface area contributed by atoms with Gasteiger partial charge in [0.15, 0.2) is 0 Å². The minimum absolute atomic E-state index is 0.252. The van der Waals surface area contributed by atoms with E-state index in [-0.39, 0.29) is 12.6 Å². The number of carbonyl (C=O) groups excluding carboxylic acids is 1. The van der Waals surface area contributed by atoms with Gasteiger partial charge in [-0.05, 0) is 25.2 Å². The highest BCUT2D eigenvalue weighted by atomic mass is 32.2. The fourth-order valence-electron chi connectivity index (χ4n) is 1.57. The molecule has 0 aliphatic heterocycles. The summed E-state index contributed by atoms with van der Waals surface area (Å²) in [4.78, 5) is 11.4. The van der Waals surface area contributed by atoms with Crippen LogP contribution >= 0.6 is 11.8 Å². The van der Waals surface area contributed by atoms with Gasteiger partial charge >= 0.3 is 5.97 Å². The molecule has 1 aromatic heterocycles. The fraction of sp³-hybridized carbons (Fsp3) is 0.615. The van der Waals surface area contributed by atoms with Crippen LogP contribution in [0.3, 0.4) is 0 Å². The number of nitrogens with one attached hydrogen (secondary N) is 1. The summed E-state index contributed by atoms with van der Waals surface area (Å²) in [6.07, 6.45) is 0.838. The van der Waals surface area contributed by atoms with Gasteiger partial charge in [-0.25, -0.2) is 4.79 Å². The first kappa shape index (κ1) is 16.1. The molecule has 0 spiro atoms.